The molecular weight excluding hydrogens is 202 g/mol. The zero-order valence-corrected chi connectivity index (χ0v) is 10.2. The van der Waals surface area contributed by atoms with Crippen LogP contribution in [0.25, 0.3) is 0 Å². The Balaban J connectivity index is 2.46. The van der Waals surface area contributed by atoms with Crippen LogP contribution >= 0.6 is 0 Å². The van der Waals surface area contributed by atoms with Crippen LogP contribution in [0, 0.1) is 0 Å². The van der Waals surface area contributed by atoms with Crippen LogP contribution < -0.4 is 5.32 Å². The Morgan fingerprint density at radius 1 is 1.31 bits per heavy atom. The van der Waals surface area contributed by atoms with Crippen LogP contribution in [-0.2, 0) is 6.42 Å². The summed E-state index contributed by atoms with van der Waals surface area (Å²) in [5, 5.41) is 22.4. The lowest BCUT2D eigenvalue weighted by Gasteiger charge is -2.22. The van der Waals surface area contributed by atoms with Crippen molar-refractivity contribution in [1.82, 2.24) is 5.32 Å². The molecule has 0 bridgehead atoms. The Bertz CT molecular complexity index is 331. The highest BCUT2D eigenvalue weighted by atomic mass is 16.3. The minimum atomic E-state index is -0.701. The van der Waals surface area contributed by atoms with Gasteiger partial charge in [0.25, 0.3) is 0 Å². The van der Waals surface area contributed by atoms with Gasteiger partial charge in [0.1, 0.15) is 5.75 Å². The fourth-order valence-corrected chi connectivity index (χ4v) is 1.51. The molecule has 1 aromatic carbocycles. The lowest BCUT2D eigenvalue weighted by Crippen LogP contribution is -2.40. The minimum absolute atomic E-state index is 0.222. The van der Waals surface area contributed by atoms with Crippen molar-refractivity contribution in [3.63, 3.8) is 0 Å². The Labute approximate surface area is 97.1 Å². The highest BCUT2D eigenvalue weighted by Gasteiger charge is 2.14. The molecule has 1 atom stereocenters. The van der Waals surface area contributed by atoms with Crippen molar-refractivity contribution >= 4 is 0 Å². The van der Waals surface area contributed by atoms with Crippen molar-refractivity contribution in [1.29, 1.82) is 0 Å². The van der Waals surface area contributed by atoms with E-state index in [9.17, 15) is 10.2 Å². The largest absolute Gasteiger partial charge is 0.508 e. The van der Waals surface area contributed by atoms with Gasteiger partial charge in [0, 0.05) is 12.6 Å². The first kappa shape index (κ1) is 13.0. The molecular formula is C13H21NO2. The van der Waals surface area contributed by atoms with Gasteiger partial charge in [-0.25, -0.2) is 0 Å². The van der Waals surface area contributed by atoms with Gasteiger partial charge in [-0.15, -0.1) is 0 Å². The smallest absolute Gasteiger partial charge is 0.118 e. The molecule has 90 valence electrons. The molecule has 0 radical (unpaired) electrons. The van der Waals surface area contributed by atoms with E-state index in [4.69, 9.17) is 0 Å². The maximum Gasteiger partial charge on any atom is 0.118 e. The monoisotopic (exact) mass is 223 g/mol. The average Bonchev–Trinajstić information content (AvgIpc) is 2.18. The van der Waals surface area contributed by atoms with Crippen molar-refractivity contribution in [2.75, 3.05) is 6.54 Å². The van der Waals surface area contributed by atoms with Gasteiger partial charge >= 0.3 is 0 Å². The lowest BCUT2D eigenvalue weighted by molar-refractivity contribution is 0.0770. The SMILES string of the molecule is CC(Cc1ccccc1O)NCC(C)(C)O. The zero-order chi connectivity index (χ0) is 12.2. The molecule has 0 amide bonds. The Hall–Kier alpha value is -1.06. The molecule has 1 rings (SSSR count). The highest BCUT2D eigenvalue weighted by Crippen LogP contribution is 2.17. The molecule has 0 aliphatic carbocycles. The summed E-state index contributed by atoms with van der Waals surface area (Å²) in [5.74, 6) is 0.333. The van der Waals surface area contributed by atoms with Gasteiger partial charge in [0.2, 0.25) is 0 Å². The van der Waals surface area contributed by atoms with E-state index in [1.165, 1.54) is 0 Å². The maximum atomic E-state index is 9.61. The number of para-hydroxylation sites is 1. The average molecular weight is 223 g/mol. The second kappa shape index (κ2) is 5.32. The molecule has 3 heteroatoms. The van der Waals surface area contributed by atoms with Crippen molar-refractivity contribution in [3.05, 3.63) is 29.8 Å². The molecule has 0 aliphatic heterocycles. The summed E-state index contributed by atoms with van der Waals surface area (Å²) in [6.45, 7) is 6.12. The van der Waals surface area contributed by atoms with Crippen LogP contribution in [0.1, 0.15) is 26.3 Å². The Morgan fingerprint density at radius 3 is 2.50 bits per heavy atom. The second-order valence-electron chi connectivity index (χ2n) is 4.93. The second-order valence-corrected chi connectivity index (χ2v) is 4.93. The normalized spacial score (nSPS) is 13.8. The summed E-state index contributed by atoms with van der Waals surface area (Å²) in [7, 11) is 0. The molecule has 1 aromatic rings. The number of benzene rings is 1. The number of hydrogen-bond acceptors (Lipinski definition) is 3. The number of hydrogen-bond donors (Lipinski definition) is 3. The molecule has 0 aliphatic rings. The van der Waals surface area contributed by atoms with Crippen LogP contribution in [0.4, 0.5) is 0 Å². The number of phenols is 1. The molecule has 0 saturated carbocycles. The standard InChI is InChI=1S/C13H21NO2/c1-10(14-9-13(2,3)16)8-11-6-4-5-7-12(11)15/h4-7,10,14-16H,8-9H2,1-3H3. The molecule has 3 nitrogen and oxygen atoms in total. The Morgan fingerprint density at radius 2 is 1.94 bits per heavy atom. The van der Waals surface area contributed by atoms with E-state index in [0.717, 1.165) is 12.0 Å². The van der Waals surface area contributed by atoms with E-state index >= 15 is 0 Å². The third kappa shape index (κ3) is 4.64. The summed E-state index contributed by atoms with van der Waals surface area (Å²) in [6.07, 6.45) is 0.753. The van der Waals surface area contributed by atoms with E-state index in [2.05, 4.69) is 5.32 Å². The highest BCUT2D eigenvalue weighted by molar-refractivity contribution is 5.32. The first-order chi connectivity index (χ1) is 7.38. The summed E-state index contributed by atoms with van der Waals surface area (Å²) < 4.78 is 0. The van der Waals surface area contributed by atoms with E-state index in [-0.39, 0.29) is 6.04 Å². The van der Waals surface area contributed by atoms with Gasteiger partial charge in [-0.2, -0.15) is 0 Å². The molecule has 1 unspecified atom stereocenters. The molecule has 3 N–H and O–H groups in total. The summed E-state index contributed by atoms with van der Waals surface area (Å²) in [4.78, 5) is 0. The van der Waals surface area contributed by atoms with E-state index in [0.29, 0.717) is 12.3 Å². The fourth-order valence-electron chi connectivity index (χ4n) is 1.51. The summed E-state index contributed by atoms with van der Waals surface area (Å²) in [5.41, 5.74) is 0.228. The quantitative estimate of drug-likeness (QED) is 0.712. The van der Waals surface area contributed by atoms with Gasteiger partial charge in [-0.05, 0) is 38.8 Å². The number of phenolic OH excluding ortho intramolecular Hbond substituents is 1. The van der Waals surface area contributed by atoms with Gasteiger partial charge in [-0.1, -0.05) is 18.2 Å². The lowest BCUT2D eigenvalue weighted by atomic mass is 10.0. The van der Waals surface area contributed by atoms with Gasteiger partial charge in [-0.3, -0.25) is 0 Å². The van der Waals surface area contributed by atoms with Crippen LogP contribution in [0.3, 0.4) is 0 Å². The number of nitrogens with one attached hydrogen (secondary N) is 1. The third-order valence-electron chi connectivity index (χ3n) is 2.40. The van der Waals surface area contributed by atoms with Gasteiger partial charge in [0.15, 0.2) is 0 Å². The minimum Gasteiger partial charge on any atom is -0.508 e. The number of aliphatic hydroxyl groups is 1. The summed E-state index contributed by atoms with van der Waals surface area (Å²) in [6, 6.07) is 7.56. The molecule has 0 aromatic heterocycles. The predicted molar refractivity (Wildman–Crippen MR) is 65.6 cm³/mol. The van der Waals surface area contributed by atoms with Crippen LogP contribution in [-0.4, -0.2) is 28.4 Å². The Kier molecular flexibility index (Phi) is 4.33. The molecule has 0 saturated heterocycles. The molecule has 16 heavy (non-hydrogen) atoms. The van der Waals surface area contributed by atoms with E-state index in [1.54, 1.807) is 19.9 Å². The van der Waals surface area contributed by atoms with Gasteiger partial charge < -0.3 is 15.5 Å². The summed E-state index contributed by atoms with van der Waals surface area (Å²) >= 11 is 0. The topological polar surface area (TPSA) is 52.5 Å². The molecule has 0 spiro atoms. The van der Waals surface area contributed by atoms with Crippen LogP contribution in [0.15, 0.2) is 24.3 Å². The third-order valence-corrected chi connectivity index (χ3v) is 2.40. The van der Waals surface area contributed by atoms with Crippen LogP contribution in [0.5, 0.6) is 5.75 Å². The maximum absolute atomic E-state index is 9.61. The molecule has 0 fully saturated rings. The van der Waals surface area contributed by atoms with Crippen molar-refractivity contribution in [2.24, 2.45) is 0 Å². The first-order valence-corrected chi connectivity index (χ1v) is 5.61. The van der Waals surface area contributed by atoms with Crippen molar-refractivity contribution in [3.8, 4) is 5.75 Å². The van der Waals surface area contributed by atoms with E-state index in [1.807, 2.05) is 25.1 Å². The zero-order valence-electron chi connectivity index (χ0n) is 10.2. The predicted octanol–water partition coefficient (Wildman–Crippen LogP) is 1.68. The fraction of sp³-hybridized carbons (Fsp3) is 0.538. The molecule has 0 heterocycles. The number of aromatic hydroxyl groups is 1. The van der Waals surface area contributed by atoms with Crippen molar-refractivity contribution < 1.29 is 10.2 Å². The number of rotatable bonds is 5. The van der Waals surface area contributed by atoms with E-state index < -0.39 is 5.60 Å². The van der Waals surface area contributed by atoms with Crippen molar-refractivity contribution in [2.45, 2.75) is 38.8 Å². The van der Waals surface area contributed by atoms with Crippen LogP contribution in [0.2, 0.25) is 0 Å². The first-order valence-electron chi connectivity index (χ1n) is 5.61. The van der Waals surface area contributed by atoms with Gasteiger partial charge in [0.05, 0.1) is 5.60 Å².